The quantitative estimate of drug-likeness (QED) is 0.719. The van der Waals surface area contributed by atoms with Gasteiger partial charge >= 0.3 is 0 Å². The molecule has 2 aromatic carbocycles. The molecule has 2 rings (SSSR count). The van der Waals surface area contributed by atoms with Crippen LogP contribution in [0.4, 0.5) is 4.39 Å². The molecule has 19 heavy (non-hydrogen) atoms. The van der Waals surface area contributed by atoms with E-state index in [1.807, 2.05) is 6.92 Å². The van der Waals surface area contributed by atoms with E-state index in [0.717, 1.165) is 5.56 Å². The second-order valence-corrected chi connectivity index (χ2v) is 5.82. The SMILES string of the molecule is Cc1ccc(C(O)c2ccc(Br)c(Cl)c2F)cc1Cl. The first-order chi connectivity index (χ1) is 8.91. The molecule has 0 aromatic heterocycles. The van der Waals surface area contributed by atoms with Gasteiger partial charge in [-0.15, -0.1) is 0 Å². The van der Waals surface area contributed by atoms with Crippen molar-refractivity contribution in [2.24, 2.45) is 0 Å². The van der Waals surface area contributed by atoms with E-state index in [0.29, 0.717) is 15.1 Å². The summed E-state index contributed by atoms with van der Waals surface area (Å²) in [7, 11) is 0. The molecule has 1 atom stereocenters. The summed E-state index contributed by atoms with van der Waals surface area (Å²) < 4.78 is 14.5. The third-order valence-electron chi connectivity index (χ3n) is 2.87. The van der Waals surface area contributed by atoms with E-state index < -0.39 is 11.9 Å². The van der Waals surface area contributed by atoms with Gasteiger partial charge in [-0.1, -0.05) is 41.4 Å². The van der Waals surface area contributed by atoms with Crippen molar-refractivity contribution < 1.29 is 9.50 Å². The number of aryl methyl sites for hydroxylation is 1. The van der Waals surface area contributed by atoms with Gasteiger partial charge in [-0.25, -0.2) is 4.39 Å². The number of aliphatic hydroxyl groups excluding tert-OH is 1. The Morgan fingerprint density at radius 3 is 2.53 bits per heavy atom. The van der Waals surface area contributed by atoms with Crippen LogP contribution in [0.2, 0.25) is 10.0 Å². The van der Waals surface area contributed by atoms with Crippen molar-refractivity contribution in [3.05, 3.63) is 67.4 Å². The van der Waals surface area contributed by atoms with Gasteiger partial charge in [-0.2, -0.15) is 0 Å². The van der Waals surface area contributed by atoms with Gasteiger partial charge in [-0.05, 0) is 46.1 Å². The van der Waals surface area contributed by atoms with Gasteiger partial charge in [0.05, 0.1) is 5.02 Å². The first-order valence-corrected chi connectivity index (χ1v) is 7.04. The molecule has 0 aliphatic heterocycles. The molecule has 0 aliphatic rings. The second kappa shape index (κ2) is 5.80. The van der Waals surface area contributed by atoms with E-state index in [1.165, 1.54) is 6.07 Å². The van der Waals surface area contributed by atoms with Gasteiger partial charge in [0.2, 0.25) is 0 Å². The number of halogens is 4. The zero-order valence-electron chi connectivity index (χ0n) is 9.92. The summed E-state index contributed by atoms with van der Waals surface area (Å²) >= 11 is 14.9. The minimum absolute atomic E-state index is 0.0465. The monoisotopic (exact) mass is 362 g/mol. The maximum atomic E-state index is 14.0. The van der Waals surface area contributed by atoms with Crippen LogP contribution in [0.15, 0.2) is 34.8 Å². The Kier molecular flexibility index (Phi) is 4.51. The largest absolute Gasteiger partial charge is 0.384 e. The van der Waals surface area contributed by atoms with Crippen molar-refractivity contribution in [2.45, 2.75) is 13.0 Å². The first-order valence-electron chi connectivity index (χ1n) is 5.49. The number of benzene rings is 2. The van der Waals surface area contributed by atoms with Gasteiger partial charge < -0.3 is 5.11 Å². The van der Waals surface area contributed by atoms with Gasteiger partial charge in [0.1, 0.15) is 11.9 Å². The van der Waals surface area contributed by atoms with Crippen LogP contribution >= 0.6 is 39.1 Å². The molecule has 1 N–H and O–H groups in total. The average Bonchev–Trinajstić information content (AvgIpc) is 2.39. The molecule has 0 bridgehead atoms. The first kappa shape index (κ1) is 14.8. The second-order valence-electron chi connectivity index (χ2n) is 4.18. The van der Waals surface area contributed by atoms with Crippen molar-refractivity contribution in [2.75, 3.05) is 0 Å². The Balaban J connectivity index is 2.47. The van der Waals surface area contributed by atoms with Gasteiger partial charge in [0, 0.05) is 15.1 Å². The lowest BCUT2D eigenvalue weighted by atomic mass is 10.00. The number of aliphatic hydroxyl groups is 1. The van der Waals surface area contributed by atoms with E-state index in [9.17, 15) is 9.50 Å². The molecule has 0 fully saturated rings. The highest BCUT2D eigenvalue weighted by atomic mass is 79.9. The summed E-state index contributed by atoms with van der Waals surface area (Å²) in [5.41, 5.74) is 1.54. The third-order valence-corrected chi connectivity index (χ3v) is 4.54. The summed E-state index contributed by atoms with van der Waals surface area (Å²) in [6.07, 6.45) is -1.11. The van der Waals surface area contributed by atoms with Crippen molar-refractivity contribution in [3.8, 4) is 0 Å². The molecule has 1 unspecified atom stereocenters. The highest BCUT2D eigenvalue weighted by Crippen LogP contribution is 2.33. The molecule has 1 nitrogen and oxygen atoms in total. The molecule has 0 saturated carbocycles. The molecule has 2 aromatic rings. The van der Waals surface area contributed by atoms with Crippen LogP contribution in [0, 0.1) is 12.7 Å². The fraction of sp³-hybridized carbons (Fsp3) is 0.143. The highest BCUT2D eigenvalue weighted by Gasteiger charge is 2.19. The van der Waals surface area contributed by atoms with Crippen molar-refractivity contribution in [1.29, 1.82) is 0 Å². The van der Waals surface area contributed by atoms with Gasteiger partial charge in [0.25, 0.3) is 0 Å². The van der Waals surface area contributed by atoms with E-state index >= 15 is 0 Å². The molecule has 5 heteroatoms. The van der Waals surface area contributed by atoms with E-state index in [1.54, 1.807) is 24.3 Å². The normalized spacial score (nSPS) is 12.5. The van der Waals surface area contributed by atoms with Crippen LogP contribution in [0.25, 0.3) is 0 Å². The zero-order valence-corrected chi connectivity index (χ0v) is 13.0. The lowest BCUT2D eigenvalue weighted by Crippen LogP contribution is -2.03. The van der Waals surface area contributed by atoms with Crippen LogP contribution in [0.5, 0.6) is 0 Å². The van der Waals surface area contributed by atoms with Crippen LogP contribution < -0.4 is 0 Å². The van der Waals surface area contributed by atoms with Crippen molar-refractivity contribution in [3.63, 3.8) is 0 Å². The Morgan fingerprint density at radius 1 is 1.21 bits per heavy atom. The summed E-state index contributed by atoms with van der Waals surface area (Å²) in [5.74, 6) is -0.639. The van der Waals surface area contributed by atoms with Crippen LogP contribution in [-0.2, 0) is 0 Å². The molecular weight excluding hydrogens is 354 g/mol. The average molecular weight is 364 g/mol. The fourth-order valence-electron chi connectivity index (χ4n) is 1.71. The number of rotatable bonds is 2. The highest BCUT2D eigenvalue weighted by molar-refractivity contribution is 9.10. The maximum Gasteiger partial charge on any atom is 0.149 e. The molecule has 0 saturated heterocycles. The van der Waals surface area contributed by atoms with Gasteiger partial charge in [-0.3, -0.25) is 0 Å². The zero-order chi connectivity index (χ0) is 14.2. The lowest BCUT2D eigenvalue weighted by Gasteiger charge is -2.14. The maximum absolute atomic E-state index is 14.0. The minimum atomic E-state index is -1.11. The van der Waals surface area contributed by atoms with E-state index in [2.05, 4.69) is 15.9 Å². The Morgan fingerprint density at radius 2 is 1.89 bits per heavy atom. The summed E-state index contributed by atoms with van der Waals surface area (Å²) in [5, 5.41) is 10.7. The molecule has 0 aliphatic carbocycles. The number of hydrogen-bond acceptors (Lipinski definition) is 1. The van der Waals surface area contributed by atoms with Gasteiger partial charge in [0.15, 0.2) is 0 Å². The topological polar surface area (TPSA) is 20.2 Å². The fourth-order valence-corrected chi connectivity index (χ4v) is 2.38. The predicted molar refractivity (Wildman–Crippen MR) is 79.4 cm³/mol. The van der Waals surface area contributed by atoms with E-state index in [-0.39, 0.29) is 10.6 Å². The van der Waals surface area contributed by atoms with Crippen LogP contribution in [0.1, 0.15) is 22.8 Å². The predicted octanol–water partition coefficient (Wildman–Crippen LogP) is 5.29. The van der Waals surface area contributed by atoms with Crippen LogP contribution in [-0.4, -0.2) is 5.11 Å². The molecule has 100 valence electrons. The smallest absolute Gasteiger partial charge is 0.149 e. The Labute approximate surface area is 129 Å². The molecule has 0 spiro atoms. The minimum Gasteiger partial charge on any atom is -0.384 e. The molecular formula is C14H10BrCl2FO. The van der Waals surface area contributed by atoms with Crippen LogP contribution in [0.3, 0.4) is 0 Å². The standard InChI is InChI=1S/C14H10BrCl2FO/c1-7-2-3-8(6-11(7)16)14(19)9-4-5-10(15)12(17)13(9)18/h2-6,14,19H,1H3. The van der Waals surface area contributed by atoms with E-state index in [4.69, 9.17) is 23.2 Å². The number of hydrogen-bond donors (Lipinski definition) is 1. The van der Waals surface area contributed by atoms with Crippen molar-refractivity contribution >= 4 is 39.1 Å². The molecule has 0 heterocycles. The lowest BCUT2D eigenvalue weighted by molar-refractivity contribution is 0.215. The summed E-state index contributed by atoms with van der Waals surface area (Å²) in [6.45, 7) is 1.86. The third kappa shape index (κ3) is 2.95. The Hall–Kier alpha value is -0.610. The summed E-state index contributed by atoms with van der Waals surface area (Å²) in [4.78, 5) is 0. The van der Waals surface area contributed by atoms with Crippen molar-refractivity contribution in [1.82, 2.24) is 0 Å². The molecule has 0 amide bonds. The summed E-state index contributed by atoms with van der Waals surface area (Å²) in [6, 6.07) is 8.20. The Bertz CT molecular complexity index is 631. The molecule has 0 radical (unpaired) electrons.